The highest BCUT2D eigenvalue weighted by molar-refractivity contribution is 5.59. The molecule has 0 bridgehead atoms. The van der Waals surface area contributed by atoms with Crippen molar-refractivity contribution >= 4 is 6.29 Å². The minimum Gasteiger partial charge on any atom is -0.497 e. The van der Waals surface area contributed by atoms with Gasteiger partial charge in [-0.3, -0.25) is 0 Å². The summed E-state index contributed by atoms with van der Waals surface area (Å²) >= 11 is 0. The number of hydrogen-bond donors (Lipinski definition) is 1. The summed E-state index contributed by atoms with van der Waals surface area (Å²) in [6.45, 7) is 0. The summed E-state index contributed by atoms with van der Waals surface area (Å²) in [4.78, 5) is 10.2. The van der Waals surface area contributed by atoms with E-state index in [4.69, 9.17) is 9.84 Å². The van der Waals surface area contributed by atoms with Crippen LogP contribution in [-0.4, -0.2) is 18.5 Å². The molecule has 0 radical (unpaired) electrons. The lowest BCUT2D eigenvalue weighted by atomic mass is 10.1. The fraction of sp³-hybridized carbons (Fsp3) is 0.222. The highest BCUT2D eigenvalue weighted by atomic mass is 19.1. The second-order valence-electron chi connectivity index (χ2n) is 2.47. The average Bonchev–Trinajstić information content (AvgIpc) is 2.16. The Morgan fingerprint density at radius 2 is 2.31 bits per heavy atom. The first kappa shape index (κ1) is 9.67. The number of rotatable bonds is 3. The number of benzene rings is 1. The summed E-state index contributed by atoms with van der Waals surface area (Å²) in [6, 6.07) is 3.90. The first-order valence-corrected chi connectivity index (χ1v) is 3.66. The minimum atomic E-state index is -1.41. The standard InChI is InChI=1S/C9H9FO3/c1-13-6-2-3-7(8(10)4-6)9(12)5-11/h2-5,9,12H,1H3. The van der Waals surface area contributed by atoms with Gasteiger partial charge in [-0.2, -0.15) is 0 Å². The first-order chi connectivity index (χ1) is 6.19. The molecule has 4 heteroatoms. The topological polar surface area (TPSA) is 46.5 Å². The number of aldehydes is 1. The Labute approximate surface area is 74.8 Å². The number of halogens is 1. The molecule has 0 saturated carbocycles. The molecule has 0 fully saturated rings. The van der Waals surface area contributed by atoms with Gasteiger partial charge in [0.25, 0.3) is 0 Å². The van der Waals surface area contributed by atoms with Gasteiger partial charge < -0.3 is 14.6 Å². The maximum Gasteiger partial charge on any atom is 0.153 e. The number of methoxy groups -OCH3 is 1. The monoisotopic (exact) mass is 184 g/mol. The largest absolute Gasteiger partial charge is 0.497 e. The molecular formula is C9H9FO3. The average molecular weight is 184 g/mol. The normalized spacial score (nSPS) is 12.2. The minimum absolute atomic E-state index is 0.0456. The molecule has 1 unspecified atom stereocenters. The first-order valence-electron chi connectivity index (χ1n) is 3.66. The Morgan fingerprint density at radius 3 is 2.77 bits per heavy atom. The van der Waals surface area contributed by atoms with Crippen LogP contribution in [0.3, 0.4) is 0 Å². The Kier molecular flexibility index (Phi) is 2.97. The van der Waals surface area contributed by atoms with E-state index in [0.717, 1.165) is 6.07 Å². The summed E-state index contributed by atoms with van der Waals surface area (Å²) in [5, 5.41) is 9.02. The lowest BCUT2D eigenvalue weighted by Gasteiger charge is -2.06. The van der Waals surface area contributed by atoms with Crippen LogP contribution in [0.2, 0.25) is 0 Å². The smallest absolute Gasteiger partial charge is 0.153 e. The van der Waals surface area contributed by atoms with Crippen LogP contribution in [0.5, 0.6) is 5.75 Å². The third-order valence-electron chi connectivity index (χ3n) is 1.66. The van der Waals surface area contributed by atoms with Crippen LogP contribution >= 0.6 is 0 Å². The van der Waals surface area contributed by atoms with E-state index in [0.29, 0.717) is 5.75 Å². The molecule has 13 heavy (non-hydrogen) atoms. The zero-order valence-electron chi connectivity index (χ0n) is 7.03. The molecular weight excluding hydrogens is 175 g/mol. The second kappa shape index (κ2) is 4.00. The van der Waals surface area contributed by atoms with E-state index < -0.39 is 11.9 Å². The van der Waals surface area contributed by atoms with Crippen molar-refractivity contribution in [2.45, 2.75) is 6.10 Å². The molecule has 1 aromatic carbocycles. The van der Waals surface area contributed by atoms with E-state index in [2.05, 4.69) is 0 Å². The Bertz CT molecular complexity index is 312. The quantitative estimate of drug-likeness (QED) is 0.714. The molecule has 1 atom stereocenters. The molecule has 0 heterocycles. The number of ether oxygens (including phenoxy) is 1. The van der Waals surface area contributed by atoms with E-state index in [1.165, 1.54) is 19.2 Å². The molecule has 0 spiro atoms. The van der Waals surface area contributed by atoms with Crippen molar-refractivity contribution in [3.8, 4) is 5.75 Å². The molecule has 0 aliphatic carbocycles. The Hall–Kier alpha value is -1.42. The molecule has 0 aliphatic rings. The van der Waals surface area contributed by atoms with Gasteiger partial charge in [0.2, 0.25) is 0 Å². The van der Waals surface area contributed by atoms with Crippen LogP contribution < -0.4 is 4.74 Å². The van der Waals surface area contributed by atoms with Crippen molar-refractivity contribution in [3.63, 3.8) is 0 Å². The van der Waals surface area contributed by atoms with Crippen LogP contribution in [0.4, 0.5) is 4.39 Å². The summed E-state index contributed by atoms with van der Waals surface area (Å²) < 4.78 is 17.8. The van der Waals surface area contributed by atoms with Crippen LogP contribution in [0.25, 0.3) is 0 Å². The van der Waals surface area contributed by atoms with Crippen molar-refractivity contribution in [2.24, 2.45) is 0 Å². The summed E-state index contributed by atoms with van der Waals surface area (Å²) in [5.74, 6) is -0.307. The van der Waals surface area contributed by atoms with Crippen molar-refractivity contribution in [1.82, 2.24) is 0 Å². The lowest BCUT2D eigenvalue weighted by Crippen LogP contribution is -2.01. The third-order valence-corrected chi connectivity index (χ3v) is 1.66. The summed E-state index contributed by atoms with van der Waals surface area (Å²) in [5.41, 5.74) is -0.0456. The molecule has 1 aromatic rings. The van der Waals surface area contributed by atoms with Gasteiger partial charge in [-0.15, -0.1) is 0 Å². The fourth-order valence-corrected chi connectivity index (χ4v) is 0.948. The van der Waals surface area contributed by atoms with E-state index >= 15 is 0 Å². The maximum absolute atomic E-state index is 13.1. The summed E-state index contributed by atoms with van der Waals surface area (Å²) in [6.07, 6.45) is -1.14. The lowest BCUT2D eigenvalue weighted by molar-refractivity contribution is -0.115. The van der Waals surface area contributed by atoms with Gasteiger partial charge in [0.1, 0.15) is 17.7 Å². The van der Waals surface area contributed by atoms with Gasteiger partial charge in [0, 0.05) is 11.6 Å². The number of aliphatic hydroxyl groups is 1. The SMILES string of the molecule is COc1ccc(C(O)C=O)c(F)c1. The highest BCUT2D eigenvalue weighted by Crippen LogP contribution is 2.20. The van der Waals surface area contributed by atoms with Crippen molar-refractivity contribution in [2.75, 3.05) is 7.11 Å². The zero-order chi connectivity index (χ0) is 9.84. The second-order valence-corrected chi connectivity index (χ2v) is 2.47. The highest BCUT2D eigenvalue weighted by Gasteiger charge is 2.11. The number of aliphatic hydroxyl groups excluding tert-OH is 1. The fourth-order valence-electron chi connectivity index (χ4n) is 0.948. The Morgan fingerprint density at radius 1 is 1.62 bits per heavy atom. The van der Waals surface area contributed by atoms with E-state index in [1.54, 1.807) is 0 Å². The van der Waals surface area contributed by atoms with Crippen LogP contribution in [0, 0.1) is 5.82 Å². The van der Waals surface area contributed by atoms with E-state index in [9.17, 15) is 9.18 Å². The number of carbonyl (C=O) groups excluding carboxylic acids is 1. The molecule has 0 aliphatic heterocycles. The van der Waals surface area contributed by atoms with E-state index in [-0.39, 0.29) is 11.8 Å². The van der Waals surface area contributed by atoms with Gasteiger partial charge in [0.05, 0.1) is 7.11 Å². The molecule has 70 valence electrons. The van der Waals surface area contributed by atoms with Crippen LogP contribution in [0.15, 0.2) is 18.2 Å². The predicted octanol–water partition coefficient (Wildman–Crippen LogP) is 1.07. The van der Waals surface area contributed by atoms with Crippen molar-refractivity contribution in [3.05, 3.63) is 29.6 Å². The molecule has 0 saturated heterocycles. The van der Waals surface area contributed by atoms with Gasteiger partial charge >= 0.3 is 0 Å². The third kappa shape index (κ3) is 2.03. The molecule has 3 nitrogen and oxygen atoms in total. The zero-order valence-corrected chi connectivity index (χ0v) is 7.03. The van der Waals surface area contributed by atoms with Crippen LogP contribution in [-0.2, 0) is 4.79 Å². The van der Waals surface area contributed by atoms with Crippen LogP contribution in [0.1, 0.15) is 11.7 Å². The van der Waals surface area contributed by atoms with Gasteiger partial charge in [-0.05, 0) is 12.1 Å². The van der Waals surface area contributed by atoms with Crippen molar-refractivity contribution < 1.29 is 19.0 Å². The number of carbonyl (C=O) groups is 1. The molecule has 1 rings (SSSR count). The summed E-state index contributed by atoms with van der Waals surface area (Å²) in [7, 11) is 1.41. The molecule has 1 N–H and O–H groups in total. The van der Waals surface area contributed by atoms with Gasteiger partial charge in [-0.1, -0.05) is 0 Å². The maximum atomic E-state index is 13.1. The van der Waals surface area contributed by atoms with Gasteiger partial charge in [-0.25, -0.2) is 4.39 Å². The van der Waals surface area contributed by atoms with Crippen molar-refractivity contribution in [1.29, 1.82) is 0 Å². The van der Waals surface area contributed by atoms with E-state index in [1.807, 2.05) is 0 Å². The number of hydrogen-bond acceptors (Lipinski definition) is 3. The predicted molar refractivity (Wildman–Crippen MR) is 44.0 cm³/mol. The molecule has 0 aromatic heterocycles. The Balaban J connectivity index is 3.04. The molecule has 0 amide bonds. The van der Waals surface area contributed by atoms with Gasteiger partial charge in [0.15, 0.2) is 6.29 Å².